The number of thioether (sulfide) groups is 2. The summed E-state index contributed by atoms with van der Waals surface area (Å²) in [6.45, 7) is 5.83. The van der Waals surface area contributed by atoms with Gasteiger partial charge in [-0.2, -0.15) is 4.98 Å². The summed E-state index contributed by atoms with van der Waals surface area (Å²) in [5.41, 5.74) is 0.462. The van der Waals surface area contributed by atoms with Gasteiger partial charge in [-0.15, -0.1) is 23.5 Å². The van der Waals surface area contributed by atoms with Crippen LogP contribution in [-0.2, 0) is 9.59 Å². The molecule has 0 aromatic carbocycles. The molecule has 0 saturated carbocycles. The van der Waals surface area contributed by atoms with Crippen LogP contribution in [0.4, 0.5) is 11.6 Å². The summed E-state index contributed by atoms with van der Waals surface area (Å²) < 4.78 is 5.41. The molecule has 2 amide bonds. The van der Waals surface area contributed by atoms with Crippen molar-refractivity contribution in [2.24, 2.45) is 0 Å². The van der Waals surface area contributed by atoms with Crippen molar-refractivity contribution >= 4 is 47.0 Å². The van der Waals surface area contributed by atoms with Crippen LogP contribution >= 0.6 is 23.5 Å². The molecule has 1 aromatic heterocycles. The molecule has 2 N–H and O–H groups in total. The van der Waals surface area contributed by atoms with E-state index in [1.54, 1.807) is 11.8 Å². The van der Waals surface area contributed by atoms with Crippen LogP contribution in [0.1, 0.15) is 91.4 Å². The molecule has 7 nitrogen and oxygen atoms in total. The number of carbonyl (C=O) groups is 2. The van der Waals surface area contributed by atoms with Gasteiger partial charge in [0.15, 0.2) is 0 Å². The fraction of sp³-hybridized carbons (Fsp3) is 0.750. The number of amides is 2. The number of ether oxygens (including phenoxy) is 1. The SMILES string of the molecule is CCCCCCCCC(SCCCCCC)C(=O)Nc1c(OC)nc(NC(C)=O)nc1SC. The van der Waals surface area contributed by atoms with Crippen molar-refractivity contribution in [1.29, 1.82) is 0 Å². The minimum atomic E-state index is -0.264. The van der Waals surface area contributed by atoms with Crippen LogP contribution in [0.5, 0.6) is 5.88 Å². The molecular weight excluding hydrogens is 456 g/mol. The number of aromatic nitrogens is 2. The largest absolute Gasteiger partial charge is 0.479 e. The van der Waals surface area contributed by atoms with E-state index < -0.39 is 0 Å². The first kappa shape index (κ1) is 29.6. The minimum Gasteiger partial charge on any atom is -0.479 e. The summed E-state index contributed by atoms with van der Waals surface area (Å²) in [5.74, 6) is 1.10. The predicted molar refractivity (Wildman–Crippen MR) is 142 cm³/mol. The molecule has 1 atom stereocenters. The molecule has 1 aromatic rings. The topological polar surface area (TPSA) is 93.2 Å². The van der Waals surface area contributed by atoms with Crippen LogP contribution < -0.4 is 15.4 Å². The molecule has 0 aliphatic rings. The van der Waals surface area contributed by atoms with Crippen molar-refractivity contribution in [3.05, 3.63) is 0 Å². The van der Waals surface area contributed by atoms with Gasteiger partial charge in [0.2, 0.25) is 23.6 Å². The Morgan fingerprint density at radius 1 is 0.939 bits per heavy atom. The second kappa shape index (κ2) is 17.9. The summed E-state index contributed by atoms with van der Waals surface area (Å²) in [7, 11) is 1.50. The summed E-state index contributed by atoms with van der Waals surface area (Å²) in [6, 6.07) is 0. The fourth-order valence-electron chi connectivity index (χ4n) is 3.39. The maximum Gasteiger partial charge on any atom is 0.243 e. The third-order valence-corrected chi connectivity index (χ3v) is 7.25. The molecule has 0 aliphatic heterocycles. The third kappa shape index (κ3) is 12.0. The van der Waals surface area contributed by atoms with Crippen LogP contribution in [-0.4, -0.2) is 46.2 Å². The molecule has 188 valence electrons. The van der Waals surface area contributed by atoms with Crippen molar-refractivity contribution in [2.75, 3.05) is 29.8 Å². The summed E-state index contributed by atoms with van der Waals surface area (Å²) in [4.78, 5) is 33.3. The zero-order valence-electron chi connectivity index (χ0n) is 21.0. The lowest BCUT2D eigenvalue weighted by Gasteiger charge is -2.19. The third-order valence-electron chi connectivity index (χ3n) is 5.19. The van der Waals surface area contributed by atoms with Gasteiger partial charge in [-0.1, -0.05) is 71.6 Å². The first-order valence-corrected chi connectivity index (χ1v) is 14.4. The van der Waals surface area contributed by atoms with Gasteiger partial charge in [-0.25, -0.2) is 4.98 Å². The summed E-state index contributed by atoms with van der Waals surface area (Å²) in [5, 5.41) is 6.05. The van der Waals surface area contributed by atoms with E-state index in [0.717, 1.165) is 31.4 Å². The molecule has 0 saturated heterocycles. The Morgan fingerprint density at radius 2 is 1.58 bits per heavy atom. The molecule has 0 radical (unpaired) electrons. The number of hydrogen-bond donors (Lipinski definition) is 2. The summed E-state index contributed by atoms with van der Waals surface area (Å²) in [6.07, 6.45) is 14.7. The van der Waals surface area contributed by atoms with Gasteiger partial charge in [0.05, 0.1) is 12.4 Å². The van der Waals surface area contributed by atoms with Gasteiger partial charge in [0.25, 0.3) is 0 Å². The molecular formula is C24H42N4O3S2. The molecule has 1 unspecified atom stereocenters. The maximum absolute atomic E-state index is 13.3. The second-order valence-electron chi connectivity index (χ2n) is 8.09. The van der Waals surface area contributed by atoms with Gasteiger partial charge < -0.3 is 10.1 Å². The Hall–Kier alpha value is -1.48. The van der Waals surface area contributed by atoms with Gasteiger partial charge >= 0.3 is 0 Å². The first-order chi connectivity index (χ1) is 16.0. The number of rotatable bonds is 18. The first-order valence-electron chi connectivity index (χ1n) is 12.2. The highest BCUT2D eigenvalue weighted by atomic mass is 32.2. The minimum absolute atomic E-state index is 0.0338. The van der Waals surface area contributed by atoms with Crippen LogP contribution in [0.3, 0.4) is 0 Å². The zero-order valence-corrected chi connectivity index (χ0v) is 22.6. The Kier molecular flexibility index (Phi) is 16.1. The van der Waals surface area contributed by atoms with Crippen LogP contribution in [0.25, 0.3) is 0 Å². The lowest BCUT2D eigenvalue weighted by molar-refractivity contribution is -0.116. The molecule has 0 spiro atoms. The van der Waals surface area contributed by atoms with Crippen molar-refractivity contribution < 1.29 is 14.3 Å². The lowest BCUT2D eigenvalue weighted by atomic mass is 10.1. The van der Waals surface area contributed by atoms with Gasteiger partial charge in [-0.05, 0) is 24.9 Å². The van der Waals surface area contributed by atoms with Crippen molar-refractivity contribution in [1.82, 2.24) is 9.97 Å². The second-order valence-corrected chi connectivity index (χ2v) is 10.2. The molecule has 0 bridgehead atoms. The Balaban J connectivity index is 2.88. The van der Waals surface area contributed by atoms with E-state index in [-0.39, 0.29) is 28.9 Å². The Morgan fingerprint density at radius 3 is 2.18 bits per heavy atom. The average molecular weight is 499 g/mol. The number of nitrogens with zero attached hydrogens (tertiary/aromatic N) is 2. The lowest BCUT2D eigenvalue weighted by Crippen LogP contribution is -2.27. The standard InChI is InChI=1S/C24H42N4O3S2/c1-6-8-10-12-13-14-16-19(33-17-15-11-9-7-2)21(30)26-20-22(31-4)27-24(25-18(3)29)28-23(20)32-5/h19H,6-17H2,1-5H3,(H,26,30)(H,25,27,28,29). The number of unbranched alkanes of at least 4 members (excludes halogenated alkanes) is 8. The van der Waals surface area contributed by atoms with Crippen LogP contribution in [0.15, 0.2) is 5.03 Å². The van der Waals surface area contributed by atoms with E-state index in [2.05, 4.69) is 34.4 Å². The number of methoxy groups -OCH3 is 1. The highest BCUT2D eigenvalue weighted by Crippen LogP contribution is 2.33. The van der Waals surface area contributed by atoms with Gasteiger partial charge in [-0.3, -0.25) is 14.9 Å². The van der Waals surface area contributed by atoms with Crippen molar-refractivity contribution in [3.63, 3.8) is 0 Å². The molecule has 9 heteroatoms. The number of hydrogen-bond acceptors (Lipinski definition) is 7. The molecule has 33 heavy (non-hydrogen) atoms. The van der Waals surface area contributed by atoms with Crippen LogP contribution in [0, 0.1) is 0 Å². The maximum atomic E-state index is 13.3. The molecule has 0 fully saturated rings. The monoisotopic (exact) mass is 498 g/mol. The normalized spacial score (nSPS) is 11.8. The molecule has 1 rings (SSSR count). The highest BCUT2D eigenvalue weighted by Gasteiger charge is 2.23. The number of anilines is 2. The molecule has 0 aliphatic carbocycles. The van der Waals surface area contributed by atoms with E-state index in [1.165, 1.54) is 70.7 Å². The van der Waals surface area contributed by atoms with Crippen LogP contribution in [0.2, 0.25) is 0 Å². The highest BCUT2D eigenvalue weighted by molar-refractivity contribution is 8.00. The van der Waals surface area contributed by atoms with Gasteiger partial charge in [0, 0.05) is 6.92 Å². The average Bonchev–Trinajstić information content (AvgIpc) is 2.79. The van der Waals surface area contributed by atoms with Gasteiger partial charge in [0.1, 0.15) is 10.7 Å². The zero-order chi connectivity index (χ0) is 24.5. The predicted octanol–water partition coefficient (Wildman–Crippen LogP) is 6.54. The number of nitrogens with one attached hydrogen (secondary N) is 2. The van der Waals surface area contributed by atoms with E-state index in [4.69, 9.17) is 4.74 Å². The smallest absolute Gasteiger partial charge is 0.243 e. The summed E-state index contributed by atoms with van der Waals surface area (Å²) >= 11 is 3.12. The molecule has 1 heterocycles. The Bertz CT molecular complexity index is 694. The van der Waals surface area contributed by atoms with E-state index in [9.17, 15) is 9.59 Å². The van der Waals surface area contributed by atoms with E-state index in [1.807, 2.05) is 6.26 Å². The van der Waals surface area contributed by atoms with E-state index >= 15 is 0 Å². The van der Waals surface area contributed by atoms with E-state index in [0.29, 0.717) is 10.7 Å². The Labute approximate surface area is 208 Å². The van der Waals surface area contributed by atoms with Crippen molar-refractivity contribution in [2.45, 2.75) is 102 Å². The number of carbonyl (C=O) groups excluding carboxylic acids is 2. The fourth-order valence-corrected chi connectivity index (χ4v) is 5.11. The van der Waals surface area contributed by atoms with Crippen molar-refractivity contribution in [3.8, 4) is 5.88 Å². The quantitative estimate of drug-likeness (QED) is 0.135.